The molecule has 0 fully saturated rings. The highest BCUT2D eigenvalue weighted by Gasteiger charge is 2.10. The Bertz CT molecular complexity index is 286. The minimum atomic E-state index is -0.962. The Kier molecular flexibility index (Phi) is 3.30. The van der Waals surface area contributed by atoms with Crippen molar-refractivity contribution in [1.29, 1.82) is 5.26 Å². The van der Waals surface area contributed by atoms with Gasteiger partial charge in [0.25, 0.3) is 5.91 Å². The topological polar surface area (TPSA) is 136 Å². The smallest absolute Gasteiger partial charge is 0.261 e. The van der Waals surface area contributed by atoms with E-state index in [-0.39, 0.29) is 12.1 Å². The lowest BCUT2D eigenvalue weighted by atomic mass is 10.1. The van der Waals surface area contributed by atoms with Crippen LogP contribution in [0, 0.1) is 11.3 Å². The van der Waals surface area contributed by atoms with Gasteiger partial charge in [0.2, 0.25) is 5.91 Å². The van der Waals surface area contributed by atoms with Crippen molar-refractivity contribution in [2.45, 2.75) is 6.42 Å². The number of rotatable bonds is 3. The normalized spacial score (nSPS) is 11.2. The Morgan fingerprint density at radius 2 is 1.75 bits per heavy atom. The first-order valence-electron chi connectivity index (χ1n) is 2.95. The Balaban J connectivity index is 4.76. The van der Waals surface area contributed by atoms with Crippen molar-refractivity contribution in [1.82, 2.24) is 0 Å². The van der Waals surface area contributed by atoms with Gasteiger partial charge >= 0.3 is 0 Å². The molecule has 0 heterocycles. The second kappa shape index (κ2) is 3.98. The van der Waals surface area contributed by atoms with E-state index in [1.807, 2.05) is 0 Å². The van der Waals surface area contributed by atoms with Gasteiger partial charge in [-0.05, 0) is 0 Å². The van der Waals surface area contributed by atoms with Gasteiger partial charge in [0.15, 0.2) is 0 Å². The maximum Gasteiger partial charge on any atom is 0.261 e. The SMILES string of the molecule is N#CC(C(N)=O)=C(N)CC(N)=O. The van der Waals surface area contributed by atoms with E-state index < -0.39 is 17.4 Å². The van der Waals surface area contributed by atoms with Crippen molar-refractivity contribution in [2.75, 3.05) is 0 Å². The number of carbonyl (C=O) groups is 2. The highest BCUT2D eigenvalue weighted by molar-refractivity contribution is 5.97. The van der Waals surface area contributed by atoms with Gasteiger partial charge in [0.05, 0.1) is 6.42 Å². The highest BCUT2D eigenvalue weighted by atomic mass is 16.1. The minimum Gasteiger partial charge on any atom is -0.400 e. The molecule has 0 aromatic rings. The molecule has 0 aliphatic rings. The van der Waals surface area contributed by atoms with Gasteiger partial charge in [-0.25, -0.2) is 0 Å². The third kappa shape index (κ3) is 2.70. The van der Waals surface area contributed by atoms with E-state index in [0.29, 0.717) is 0 Å². The summed E-state index contributed by atoms with van der Waals surface area (Å²) in [6.45, 7) is 0. The molecule has 2 amide bonds. The summed E-state index contributed by atoms with van der Waals surface area (Å²) in [5.74, 6) is -1.68. The van der Waals surface area contributed by atoms with Crippen molar-refractivity contribution < 1.29 is 9.59 Å². The number of nitrogens with zero attached hydrogens (tertiary/aromatic N) is 1. The van der Waals surface area contributed by atoms with Crippen molar-refractivity contribution in [2.24, 2.45) is 17.2 Å². The molecule has 0 bridgehead atoms. The summed E-state index contributed by atoms with van der Waals surface area (Å²) in [6, 6.07) is 1.48. The summed E-state index contributed by atoms with van der Waals surface area (Å²) in [7, 11) is 0. The number of nitriles is 1. The molecule has 0 aromatic carbocycles. The Labute approximate surface area is 68.6 Å². The predicted octanol–water partition coefficient (Wildman–Crippen LogP) is -1.92. The average Bonchev–Trinajstić information content (AvgIpc) is 1.85. The molecule has 0 aliphatic carbocycles. The number of carbonyl (C=O) groups excluding carboxylic acids is 2. The maximum atomic E-state index is 10.5. The quantitative estimate of drug-likeness (QED) is 0.334. The number of hydrogen-bond donors (Lipinski definition) is 3. The average molecular weight is 168 g/mol. The fraction of sp³-hybridized carbons (Fsp3) is 0.167. The standard InChI is InChI=1S/C6H8N4O2/c7-2-3(6(10)12)4(8)1-5(9)11/h1,8H2,(H2,9,11)(H2,10,12). The number of primary amides is 2. The fourth-order valence-corrected chi connectivity index (χ4v) is 0.561. The van der Waals surface area contributed by atoms with Gasteiger partial charge in [-0.15, -0.1) is 0 Å². The molecule has 0 saturated carbocycles. The molecule has 0 spiro atoms. The summed E-state index contributed by atoms with van der Waals surface area (Å²) >= 11 is 0. The van der Waals surface area contributed by atoms with Gasteiger partial charge < -0.3 is 17.2 Å². The molecule has 0 aliphatic heterocycles. The molecule has 0 aromatic heterocycles. The zero-order valence-corrected chi connectivity index (χ0v) is 6.20. The lowest BCUT2D eigenvalue weighted by Crippen LogP contribution is -2.21. The van der Waals surface area contributed by atoms with Gasteiger partial charge in [0, 0.05) is 5.70 Å². The molecule has 6 nitrogen and oxygen atoms in total. The van der Waals surface area contributed by atoms with Gasteiger partial charge in [-0.2, -0.15) is 5.26 Å². The second-order valence-electron chi connectivity index (χ2n) is 2.02. The van der Waals surface area contributed by atoms with E-state index in [2.05, 4.69) is 0 Å². The molecule has 0 saturated heterocycles. The van der Waals surface area contributed by atoms with Crippen LogP contribution in [0.2, 0.25) is 0 Å². The van der Waals surface area contributed by atoms with Crippen LogP contribution in [-0.4, -0.2) is 11.8 Å². The fourth-order valence-electron chi connectivity index (χ4n) is 0.561. The summed E-state index contributed by atoms with van der Waals surface area (Å²) < 4.78 is 0. The molecule has 6 N–H and O–H groups in total. The van der Waals surface area contributed by atoms with Crippen LogP contribution in [0.15, 0.2) is 11.3 Å². The van der Waals surface area contributed by atoms with Crippen LogP contribution in [0.1, 0.15) is 6.42 Å². The van der Waals surface area contributed by atoms with Crippen LogP contribution in [0.4, 0.5) is 0 Å². The molecular formula is C6H8N4O2. The predicted molar refractivity (Wildman–Crippen MR) is 39.8 cm³/mol. The molecular weight excluding hydrogens is 160 g/mol. The molecule has 0 atom stereocenters. The highest BCUT2D eigenvalue weighted by Crippen LogP contribution is 2.00. The Hall–Kier alpha value is -2.03. The number of hydrogen-bond acceptors (Lipinski definition) is 4. The third-order valence-corrected chi connectivity index (χ3v) is 1.04. The summed E-state index contributed by atoms with van der Waals surface area (Å²) in [5.41, 5.74) is 14.1. The molecule has 6 heteroatoms. The minimum absolute atomic E-state index is 0.197. The molecule has 0 rings (SSSR count). The number of nitrogens with two attached hydrogens (primary N) is 3. The Morgan fingerprint density at radius 3 is 2.00 bits per heavy atom. The molecule has 0 radical (unpaired) electrons. The maximum absolute atomic E-state index is 10.5. The van der Waals surface area contributed by atoms with E-state index >= 15 is 0 Å². The van der Waals surface area contributed by atoms with Crippen LogP contribution in [-0.2, 0) is 9.59 Å². The van der Waals surface area contributed by atoms with Crippen LogP contribution < -0.4 is 17.2 Å². The lowest BCUT2D eigenvalue weighted by molar-refractivity contribution is -0.117. The van der Waals surface area contributed by atoms with Crippen LogP contribution in [0.5, 0.6) is 0 Å². The van der Waals surface area contributed by atoms with E-state index in [4.69, 9.17) is 22.5 Å². The van der Waals surface area contributed by atoms with Crippen LogP contribution in [0.25, 0.3) is 0 Å². The van der Waals surface area contributed by atoms with Gasteiger partial charge in [0.1, 0.15) is 11.6 Å². The third-order valence-electron chi connectivity index (χ3n) is 1.04. The first kappa shape index (κ1) is 9.97. The van der Waals surface area contributed by atoms with Crippen LogP contribution >= 0.6 is 0 Å². The summed E-state index contributed by atoms with van der Waals surface area (Å²) in [5, 5.41) is 8.34. The van der Waals surface area contributed by atoms with E-state index in [1.54, 1.807) is 0 Å². The van der Waals surface area contributed by atoms with E-state index in [9.17, 15) is 9.59 Å². The summed E-state index contributed by atoms with van der Waals surface area (Å²) in [4.78, 5) is 20.8. The molecule has 64 valence electrons. The molecule has 12 heavy (non-hydrogen) atoms. The molecule has 0 unspecified atom stereocenters. The zero-order valence-electron chi connectivity index (χ0n) is 6.20. The van der Waals surface area contributed by atoms with E-state index in [0.717, 1.165) is 0 Å². The van der Waals surface area contributed by atoms with Gasteiger partial charge in [-0.1, -0.05) is 0 Å². The van der Waals surface area contributed by atoms with Crippen molar-refractivity contribution in [3.8, 4) is 6.07 Å². The monoisotopic (exact) mass is 168 g/mol. The summed E-state index contributed by atoms with van der Waals surface area (Å²) in [6.07, 6.45) is -0.341. The first-order valence-corrected chi connectivity index (χ1v) is 2.95. The van der Waals surface area contributed by atoms with Crippen molar-refractivity contribution in [3.05, 3.63) is 11.3 Å². The number of amides is 2. The van der Waals surface area contributed by atoms with E-state index in [1.165, 1.54) is 6.07 Å². The zero-order chi connectivity index (χ0) is 9.72. The van der Waals surface area contributed by atoms with Crippen molar-refractivity contribution in [3.63, 3.8) is 0 Å². The largest absolute Gasteiger partial charge is 0.400 e. The lowest BCUT2D eigenvalue weighted by Gasteiger charge is -1.98. The van der Waals surface area contributed by atoms with Gasteiger partial charge in [-0.3, -0.25) is 9.59 Å². The second-order valence-corrected chi connectivity index (χ2v) is 2.02. The van der Waals surface area contributed by atoms with Crippen LogP contribution in [0.3, 0.4) is 0 Å². The first-order chi connectivity index (χ1) is 5.49. The van der Waals surface area contributed by atoms with Crippen molar-refractivity contribution >= 4 is 11.8 Å². The Morgan fingerprint density at radius 1 is 1.25 bits per heavy atom.